The van der Waals surface area contributed by atoms with E-state index in [-0.39, 0.29) is 24.1 Å². The van der Waals surface area contributed by atoms with Crippen molar-refractivity contribution in [1.29, 1.82) is 0 Å². The number of rotatable bonds is 5. The molecule has 3 heterocycles. The molecule has 1 aliphatic heterocycles. The number of pyridine rings is 1. The molecule has 198 valence electrons. The van der Waals surface area contributed by atoms with Crippen LogP contribution in [0.15, 0.2) is 41.1 Å². The standard InChI is InChI=1S/C26H28F3N3O5/c1-15-22(23(33)31-18-7-8-32(13-18)24(34)37-25(2,3)4)20-10-19(5-6-21(20)36-15)35-14-16-9-17(12-30-11-16)26(27,28)29/h5-6,9-12,18H,7-8,13-14H2,1-4H3,(H,31,33). The summed E-state index contributed by atoms with van der Waals surface area (Å²) in [7, 11) is 0. The van der Waals surface area contributed by atoms with Gasteiger partial charge in [-0.1, -0.05) is 0 Å². The van der Waals surface area contributed by atoms with E-state index in [4.69, 9.17) is 13.9 Å². The smallest absolute Gasteiger partial charge is 0.417 e. The quantitative estimate of drug-likeness (QED) is 0.480. The predicted octanol–water partition coefficient (Wildman–Crippen LogP) is 5.47. The zero-order valence-electron chi connectivity index (χ0n) is 20.9. The maximum absolute atomic E-state index is 13.2. The third-order valence-corrected chi connectivity index (χ3v) is 5.77. The minimum Gasteiger partial charge on any atom is -0.489 e. The molecular formula is C26H28F3N3O5. The van der Waals surface area contributed by atoms with Gasteiger partial charge in [0.15, 0.2) is 0 Å². The van der Waals surface area contributed by atoms with Crippen molar-refractivity contribution in [2.24, 2.45) is 0 Å². The van der Waals surface area contributed by atoms with E-state index in [1.807, 2.05) is 0 Å². The lowest BCUT2D eigenvalue weighted by molar-refractivity contribution is -0.137. The Balaban J connectivity index is 1.45. The molecule has 2 aromatic heterocycles. The highest BCUT2D eigenvalue weighted by molar-refractivity contribution is 6.07. The number of ether oxygens (including phenoxy) is 2. The Morgan fingerprint density at radius 1 is 1.19 bits per heavy atom. The number of nitrogens with zero attached hydrogens (tertiary/aromatic N) is 2. The minimum absolute atomic E-state index is 0.136. The van der Waals surface area contributed by atoms with Crippen molar-refractivity contribution in [3.8, 4) is 5.75 Å². The first-order chi connectivity index (χ1) is 17.3. The Bertz CT molecular complexity index is 1310. The van der Waals surface area contributed by atoms with Gasteiger partial charge in [0.2, 0.25) is 0 Å². The van der Waals surface area contributed by atoms with Gasteiger partial charge < -0.3 is 24.1 Å². The monoisotopic (exact) mass is 519 g/mol. The molecule has 0 aliphatic carbocycles. The third kappa shape index (κ3) is 6.33. The molecule has 4 rings (SSSR count). The van der Waals surface area contributed by atoms with Crippen LogP contribution in [0.2, 0.25) is 0 Å². The molecule has 1 atom stereocenters. The first kappa shape index (κ1) is 26.3. The highest BCUT2D eigenvalue weighted by Gasteiger charge is 2.32. The van der Waals surface area contributed by atoms with Gasteiger partial charge >= 0.3 is 12.3 Å². The van der Waals surface area contributed by atoms with Crippen molar-refractivity contribution < 1.29 is 36.7 Å². The number of alkyl halides is 3. The van der Waals surface area contributed by atoms with Crippen LogP contribution in [0.3, 0.4) is 0 Å². The summed E-state index contributed by atoms with van der Waals surface area (Å²) in [6.45, 7) is 7.71. The van der Waals surface area contributed by atoms with Crippen LogP contribution in [0, 0.1) is 6.92 Å². The number of carbonyl (C=O) groups is 2. The average molecular weight is 520 g/mol. The van der Waals surface area contributed by atoms with Gasteiger partial charge in [0.05, 0.1) is 11.1 Å². The van der Waals surface area contributed by atoms with Gasteiger partial charge in [-0.05, 0) is 58.4 Å². The Morgan fingerprint density at radius 2 is 1.95 bits per heavy atom. The fourth-order valence-electron chi connectivity index (χ4n) is 4.09. The molecular weight excluding hydrogens is 491 g/mol. The Hall–Kier alpha value is -3.76. The summed E-state index contributed by atoms with van der Waals surface area (Å²) in [5.41, 5.74) is -0.407. The van der Waals surface area contributed by atoms with Gasteiger partial charge in [0.25, 0.3) is 5.91 Å². The second-order valence-corrected chi connectivity index (χ2v) is 9.94. The third-order valence-electron chi connectivity index (χ3n) is 5.77. The van der Waals surface area contributed by atoms with Gasteiger partial charge in [-0.3, -0.25) is 9.78 Å². The zero-order valence-corrected chi connectivity index (χ0v) is 20.9. The van der Waals surface area contributed by atoms with E-state index in [0.29, 0.717) is 47.6 Å². The van der Waals surface area contributed by atoms with Crippen molar-refractivity contribution in [2.45, 2.75) is 58.5 Å². The van der Waals surface area contributed by atoms with E-state index in [9.17, 15) is 22.8 Å². The first-order valence-corrected chi connectivity index (χ1v) is 11.8. The van der Waals surface area contributed by atoms with E-state index in [1.165, 1.54) is 6.20 Å². The molecule has 1 N–H and O–H groups in total. The fraction of sp³-hybridized carbons (Fsp3) is 0.423. The van der Waals surface area contributed by atoms with Gasteiger partial charge in [-0.25, -0.2) is 4.79 Å². The normalized spacial score (nSPS) is 16.2. The molecule has 1 unspecified atom stereocenters. The second-order valence-electron chi connectivity index (χ2n) is 9.94. The van der Waals surface area contributed by atoms with Crippen LogP contribution in [0.4, 0.5) is 18.0 Å². The molecule has 0 bridgehead atoms. The Kier molecular flexibility index (Phi) is 7.07. The number of hydrogen-bond donors (Lipinski definition) is 1. The largest absolute Gasteiger partial charge is 0.489 e. The van der Waals surface area contributed by atoms with Crippen LogP contribution < -0.4 is 10.1 Å². The Morgan fingerprint density at radius 3 is 2.65 bits per heavy atom. The summed E-state index contributed by atoms with van der Waals surface area (Å²) < 4.78 is 55.7. The lowest BCUT2D eigenvalue weighted by Crippen LogP contribution is -2.40. The molecule has 0 spiro atoms. The van der Waals surface area contributed by atoms with Gasteiger partial charge in [0.1, 0.15) is 29.3 Å². The maximum atomic E-state index is 13.2. The first-order valence-electron chi connectivity index (χ1n) is 11.8. The summed E-state index contributed by atoms with van der Waals surface area (Å²) in [5, 5.41) is 3.47. The van der Waals surface area contributed by atoms with Crippen molar-refractivity contribution in [3.05, 3.63) is 59.1 Å². The molecule has 3 aromatic rings. The number of hydrogen-bond acceptors (Lipinski definition) is 6. The van der Waals surface area contributed by atoms with E-state index in [1.54, 1.807) is 50.8 Å². The van der Waals surface area contributed by atoms with Crippen LogP contribution in [-0.2, 0) is 17.5 Å². The lowest BCUT2D eigenvalue weighted by Gasteiger charge is -2.24. The molecule has 1 fully saturated rings. The molecule has 8 nitrogen and oxygen atoms in total. The van der Waals surface area contributed by atoms with Gasteiger partial charge in [-0.15, -0.1) is 0 Å². The summed E-state index contributed by atoms with van der Waals surface area (Å²) in [6, 6.07) is 5.59. The van der Waals surface area contributed by atoms with Crippen molar-refractivity contribution in [1.82, 2.24) is 15.2 Å². The predicted molar refractivity (Wildman–Crippen MR) is 128 cm³/mol. The molecule has 1 aromatic carbocycles. The highest BCUT2D eigenvalue weighted by Crippen LogP contribution is 2.31. The molecule has 1 aliphatic rings. The van der Waals surface area contributed by atoms with Crippen molar-refractivity contribution in [2.75, 3.05) is 13.1 Å². The molecule has 0 saturated carbocycles. The number of likely N-dealkylation sites (tertiary alicyclic amines) is 1. The summed E-state index contributed by atoms with van der Waals surface area (Å²) >= 11 is 0. The molecule has 11 heteroatoms. The van der Waals surface area contributed by atoms with E-state index in [0.717, 1.165) is 12.3 Å². The Labute approximate surface area is 211 Å². The number of fused-ring (bicyclic) bond motifs is 1. The van der Waals surface area contributed by atoms with Crippen molar-refractivity contribution in [3.63, 3.8) is 0 Å². The summed E-state index contributed by atoms with van der Waals surface area (Å²) in [4.78, 5) is 30.7. The zero-order chi connectivity index (χ0) is 27.0. The maximum Gasteiger partial charge on any atom is 0.417 e. The van der Waals surface area contributed by atoms with Crippen LogP contribution in [0.25, 0.3) is 11.0 Å². The molecule has 2 amide bonds. The molecule has 1 saturated heterocycles. The summed E-state index contributed by atoms with van der Waals surface area (Å²) in [6.07, 6.45) is -2.28. The lowest BCUT2D eigenvalue weighted by atomic mass is 10.1. The van der Waals surface area contributed by atoms with Gasteiger partial charge in [0, 0.05) is 42.5 Å². The number of benzene rings is 1. The number of nitrogens with one attached hydrogen (secondary N) is 1. The van der Waals surface area contributed by atoms with Crippen LogP contribution in [0.1, 0.15) is 54.4 Å². The molecule has 37 heavy (non-hydrogen) atoms. The number of carbonyl (C=O) groups excluding carboxylic acids is 2. The summed E-state index contributed by atoms with van der Waals surface area (Å²) in [5.74, 6) is 0.414. The SMILES string of the molecule is Cc1oc2ccc(OCc3cncc(C(F)(F)F)c3)cc2c1C(=O)NC1CCN(C(=O)OC(C)(C)C)C1. The average Bonchev–Trinajstić information content (AvgIpc) is 3.39. The van der Waals surface area contributed by atoms with Crippen LogP contribution >= 0.6 is 0 Å². The number of halogens is 3. The minimum atomic E-state index is -4.50. The fourth-order valence-corrected chi connectivity index (χ4v) is 4.09. The van der Waals surface area contributed by atoms with E-state index >= 15 is 0 Å². The number of aromatic nitrogens is 1. The van der Waals surface area contributed by atoms with E-state index < -0.39 is 23.4 Å². The number of amides is 2. The van der Waals surface area contributed by atoms with E-state index in [2.05, 4.69) is 10.3 Å². The number of aryl methyl sites for hydroxylation is 1. The van der Waals surface area contributed by atoms with Crippen LogP contribution in [0.5, 0.6) is 5.75 Å². The highest BCUT2D eigenvalue weighted by atomic mass is 19.4. The second kappa shape index (κ2) is 9.95. The van der Waals surface area contributed by atoms with Crippen LogP contribution in [-0.4, -0.2) is 46.6 Å². The topological polar surface area (TPSA) is 93.9 Å². The van der Waals surface area contributed by atoms with Gasteiger partial charge in [-0.2, -0.15) is 13.2 Å². The number of furan rings is 1. The molecule has 0 radical (unpaired) electrons. The van der Waals surface area contributed by atoms with Crippen molar-refractivity contribution >= 4 is 23.0 Å².